The highest BCUT2D eigenvalue weighted by Crippen LogP contribution is 2.40. The Hall–Kier alpha value is -2.76. The molecule has 6 nitrogen and oxygen atoms in total. The topological polar surface area (TPSA) is 88.4 Å². The van der Waals surface area contributed by atoms with E-state index in [1.807, 2.05) is 12.1 Å². The van der Waals surface area contributed by atoms with Crippen molar-refractivity contribution >= 4 is 0 Å². The normalized spacial score (nSPS) is 10.4. The van der Waals surface area contributed by atoms with Crippen LogP contribution in [0.3, 0.4) is 0 Å². The number of methoxy groups -OCH3 is 3. The van der Waals surface area contributed by atoms with Gasteiger partial charge in [0.2, 0.25) is 11.5 Å². The lowest BCUT2D eigenvalue weighted by molar-refractivity contribution is 0.324. The van der Waals surface area contributed by atoms with Crippen LogP contribution in [0.4, 0.5) is 0 Å². The molecular weight excluding hydrogens is 300 g/mol. The van der Waals surface area contributed by atoms with Crippen LogP contribution in [-0.4, -0.2) is 36.6 Å². The van der Waals surface area contributed by atoms with Gasteiger partial charge in [0, 0.05) is 0 Å². The van der Waals surface area contributed by atoms with E-state index in [0.717, 1.165) is 5.56 Å². The van der Waals surface area contributed by atoms with Gasteiger partial charge in [0.05, 0.1) is 21.3 Å². The van der Waals surface area contributed by atoms with Gasteiger partial charge in [0.25, 0.3) is 0 Å². The molecule has 0 aromatic heterocycles. The van der Waals surface area contributed by atoms with Gasteiger partial charge >= 0.3 is 0 Å². The van der Waals surface area contributed by atoms with Crippen molar-refractivity contribution in [1.29, 1.82) is 0 Å². The number of hydrogen-bond acceptors (Lipinski definition) is 6. The maximum absolute atomic E-state index is 9.86. The summed E-state index contributed by atoms with van der Waals surface area (Å²) in [5.41, 5.74) is 1.46. The van der Waals surface area contributed by atoms with Gasteiger partial charge in [-0.3, -0.25) is 0 Å². The molecule has 0 unspecified atom stereocenters. The third-order valence-corrected chi connectivity index (χ3v) is 3.62. The first-order chi connectivity index (χ1) is 11.0. The number of benzene rings is 2. The summed E-state index contributed by atoms with van der Waals surface area (Å²) in [4.78, 5) is 0. The van der Waals surface area contributed by atoms with Crippen LogP contribution in [0.1, 0.15) is 11.1 Å². The first-order valence-corrected chi connectivity index (χ1v) is 7.03. The molecule has 0 spiro atoms. The summed E-state index contributed by atoms with van der Waals surface area (Å²) in [6, 6.07) is 6.58. The molecule has 2 rings (SSSR count). The highest BCUT2D eigenvalue weighted by molar-refractivity contribution is 5.55. The molecule has 0 bridgehead atoms. The Bertz CT molecular complexity index is 671. The summed E-state index contributed by atoms with van der Waals surface area (Å²) in [6.07, 6.45) is 1.05. The second kappa shape index (κ2) is 7.00. The highest BCUT2D eigenvalue weighted by atomic mass is 16.5. The van der Waals surface area contributed by atoms with Crippen molar-refractivity contribution in [3.05, 3.63) is 35.4 Å². The molecule has 2 aromatic rings. The number of aryl methyl sites for hydroxylation is 2. The van der Waals surface area contributed by atoms with Crippen LogP contribution >= 0.6 is 0 Å². The Balaban J connectivity index is 2.26. The fourth-order valence-corrected chi connectivity index (χ4v) is 2.37. The molecule has 23 heavy (non-hydrogen) atoms. The average molecular weight is 320 g/mol. The van der Waals surface area contributed by atoms with Crippen LogP contribution in [0.2, 0.25) is 0 Å². The van der Waals surface area contributed by atoms with Gasteiger partial charge in [-0.2, -0.15) is 0 Å². The number of phenols is 3. The van der Waals surface area contributed by atoms with Crippen LogP contribution in [0, 0.1) is 0 Å². The molecule has 0 heterocycles. The standard InChI is InChI=1S/C17H20O6/c1-21-13-8-10(9-14(22-2)17(13)23-3)4-5-11-6-7-12(18)16(20)15(11)19/h6-9,18-20H,4-5H2,1-3H3. The number of ether oxygens (including phenoxy) is 3. The third kappa shape index (κ3) is 3.36. The zero-order valence-electron chi connectivity index (χ0n) is 13.3. The van der Waals surface area contributed by atoms with E-state index in [2.05, 4.69) is 0 Å². The quantitative estimate of drug-likeness (QED) is 0.709. The van der Waals surface area contributed by atoms with E-state index in [1.54, 1.807) is 20.3 Å². The van der Waals surface area contributed by atoms with Gasteiger partial charge in [-0.25, -0.2) is 0 Å². The van der Waals surface area contributed by atoms with Gasteiger partial charge < -0.3 is 29.5 Å². The SMILES string of the molecule is COc1cc(CCc2ccc(O)c(O)c2O)cc(OC)c1OC. The monoisotopic (exact) mass is 320 g/mol. The molecule has 0 aliphatic rings. The Labute approximate surface area is 134 Å². The van der Waals surface area contributed by atoms with Gasteiger partial charge in [-0.1, -0.05) is 6.07 Å². The predicted octanol–water partition coefficient (Wildman–Crippen LogP) is 2.61. The Morgan fingerprint density at radius 3 is 1.91 bits per heavy atom. The Morgan fingerprint density at radius 1 is 0.783 bits per heavy atom. The summed E-state index contributed by atoms with van der Waals surface area (Å²) in [5, 5.41) is 28.8. The molecule has 6 heteroatoms. The number of rotatable bonds is 6. The second-order valence-electron chi connectivity index (χ2n) is 4.97. The van der Waals surface area contributed by atoms with Crippen molar-refractivity contribution < 1.29 is 29.5 Å². The van der Waals surface area contributed by atoms with Crippen LogP contribution in [-0.2, 0) is 12.8 Å². The van der Waals surface area contributed by atoms with Crippen LogP contribution in [0.25, 0.3) is 0 Å². The average Bonchev–Trinajstić information content (AvgIpc) is 2.57. The van der Waals surface area contributed by atoms with Crippen molar-refractivity contribution in [1.82, 2.24) is 0 Å². The fraction of sp³-hybridized carbons (Fsp3) is 0.294. The van der Waals surface area contributed by atoms with Crippen LogP contribution < -0.4 is 14.2 Å². The maximum Gasteiger partial charge on any atom is 0.203 e. The Morgan fingerprint density at radius 2 is 1.39 bits per heavy atom. The van der Waals surface area contributed by atoms with Crippen molar-refractivity contribution in [3.63, 3.8) is 0 Å². The predicted molar refractivity (Wildman–Crippen MR) is 84.9 cm³/mol. The zero-order valence-corrected chi connectivity index (χ0v) is 13.3. The molecule has 0 fully saturated rings. The van der Waals surface area contributed by atoms with Crippen LogP contribution in [0.15, 0.2) is 24.3 Å². The molecule has 0 amide bonds. The van der Waals surface area contributed by atoms with E-state index < -0.39 is 5.75 Å². The van der Waals surface area contributed by atoms with Gasteiger partial charge in [0.1, 0.15) is 0 Å². The lowest BCUT2D eigenvalue weighted by Gasteiger charge is -2.14. The number of aromatic hydroxyl groups is 3. The second-order valence-corrected chi connectivity index (χ2v) is 4.97. The van der Waals surface area contributed by atoms with Crippen LogP contribution in [0.5, 0.6) is 34.5 Å². The van der Waals surface area contributed by atoms with Gasteiger partial charge in [0.15, 0.2) is 23.0 Å². The molecule has 0 radical (unpaired) electrons. The fourth-order valence-electron chi connectivity index (χ4n) is 2.37. The minimum absolute atomic E-state index is 0.308. The first kappa shape index (κ1) is 16.6. The number of hydrogen-bond donors (Lipinski definition) is 3. The van der Waals surface area contributed by atoms with Gasteiger partial charge in [-0.15, -0.1) is 0 Å². The molecule has 0 saturated carbocycles. The molecule has 0 atom stereocenters. The van der Waals surface area contributed by atoms with E-state index in [9.17, 15) is 15.3 Å². The minimum atomic E-state index is -0.507. The molecule has 2 aromatic carbocycles. The highest BCUT2D eigenvalue weighted by Gasteiger charge is 2.15. The molecular formula is C17H20O6. The minimum Gasteiger partial charge on any atom is -0.504 e. The lowest BCUT2D eigenvalue weighted by Crippen LogP contribution is -1.98. The van der Waals surface area contributed by atoms with E-state index in [1.165, 1.54) is 13.2 Å². The lowest BCUT2D eigenvalue weighted by atomic mass is 10.0. The summed E-state index contributed by atoms with van der Waals surface area (Å²) < 4.78 is 15.9. The van der Waals surface area contributed by atoms with E-state index >= 15 is 0 Å². The largest absolute Gasteiger partial charge is 0.504 e. The summed E-state index contributed by atoms with van der Waals surface area (Å²) in [7, 11) is 4.63. The summed E-state index contributed by atoms with van der Waals surface area (Å²) >= 11 is 0. The Kier molecular flexibility index (Phi) is 5.05. The van der Waals surface area contributed by atoms with E-state index in [0.29, 0.717) is 35.7 Å². The smallest absolute Gasteiger partial charge is 0.203 e. The van der Waals surface area contributed by atoms with E-state index in [4.69, 9.17) is 14.2 Å². The summed E-state index contributed by atoms with van der Waals surface area (Å²) in [6.45, 7) is 0. The van der Waals surface area contributed by atoms with E-state index in [-0.39, 0.29) is 11.5 Å². The first-order valence-electron chi connectivity index (χ1n) is 7.03. The summed E-state index contributed by atoms with van der Waals surface area (Å²) in [5.74, 6) is 0.465. The van der Waals surface area contributed by atoms with Crippen molar-refractivity contribution in [2.45, 2.75) is 12.8 Å². The number of phenolic OH excluding ortho intramolecular Hbond substituents is 3. The molecule has 0 aliphatic heterocycles. The van der Waals surface area contributed by atoms with Crippen molar-refractivity contribution in [2.24, 2.45) is 0 Å². The van der Waals surface area contributed by atoms with Crippen molar-refractivity contribution in [3.8, 4) is 34.5 Å². The zero-order chi connectivity index (χ0) is 17.0. The molecule has 3 N–H and O–H groups in total. The molecule has 0 saturated heterocycles. The molecule has 124 valence electrons. The molecule has 0 aliphatic carbocycles. The van der Waals surface area contributed by atoms with Gasteiger partial charge in [-0.05, 0) is 42.2 Å². The third-order valence-electron chi connectivity index (χ3n) is 3.62. The van der Waals surface area contributed by atoms with Crippen molar-refractivity contribution in [2.75, 3.05) is 21.3 Å². The maximum atomic E-state index is 9.86.